The molecule has 40 heavy (non-hydrogen) atoms. The van der Waals surface area contributed by atoms with Crippen LogP contribution in [0.4, 0.5) is 17.6 Å². The smallest absolute Gasteiger partial charge is 0.393 e. The number of aromatic amines is 1. The standard InChI is InChI=1S/C29H27F4N5O2/c1-3-17(26(34)28(35)39)15-40-24-12-10-20(16(2)36-24)25(19-9-11-23-21(13-19)27(30)38-37-23)22(14-29(31,32)33)18-7-5-4-6-8-18/h4-13H,3,14-15,34H2,1-2H3,(H2,35,39)(H,37,38)/b25-22-,26-17?. The molecule has 7 nitrogen and oxygen atoms in total. The second-order valence-electron chi connectivity index (χ2n) is 9.09. The van der Waals surface area contributed by atoms with E-state index in [0.29, 0.717) is 39.9 Å². The summed E-state index contributed by atoms with van der Waals surface area (Å²) in [4.78, 5) is 15.9. The van der Waals surface area contributed by atoms with Crippen LogP contribution in [0.25, 0.3) is 22.0 Å². The van der Waals surface area contributed by atoms with Gasteiger partial charge in [-0.25, -0.2) is 4.98 Å². The van der Waals surface area contributed by atoms with Gasteiger partial charge in [-0.1, -0.05) is 43.3 Å². The van der Waals surface area contributed by atoms with Crippen molar-refractivity contribution in [2.75, 3.05) is 6.61 Å². The molecular formula is C29H27F4N5O2. The quantitative estimate of drug-likeness (QED) is 0.137. The van der Waals surface area contributed by atoms with Crippen molar-refractivity contribution in [1.29, 1.82) is 0 Å². The van der Waals surface area contributed by atoms with Crippen LogP contribution in [-0.4, -0.2) is 33.9 Å². The average molecular weight is 554 g/mol. The van der Waals surface area contributed by atoms with Crippen LogP contribution in [0.3, 0.4) is 0 Å². The number of alkyl halides is 3. The van der Waals surface area contributed by atoms with E-state index in [0.717, 1.165) is 0 Å². The van der Waals surface area contributed by atoms with Crippen LogP contribution in [-0.2, 0) is 4.79 Å². The topological polar surface area (TPSA) is 120 Å². The number of rotatable bonds is 9. The van der Waals surface area contributed by atoms with Crippen molar-refractivity contribution in [3.05, 3.63) is 100 Å². The second kappa shape index (κ2) is 11.6. The minimum absolute atomic E-state index is 0.000329. The lowest BCUT2D eigenvalue weighted by molar-refractivity contribution is -0.123. The summed E-state index contributed by atoms with van der Waals surface area (Å²) in [6.45, 7) is 3.39. The fourth-order valence-electron chi connectivity index (χ4n) is 4.39. The maximum Gasteiger partial charge on any atom is 0.393 e. The molecule has 0 unspecified atom stereocenters. The third kappa shape index (κ3) is 6.31. The van der Waals surface area contributed by atoms with E-state index in [2.05, 4.69) is 15.2 Å². The van der Waals surface area contributed by atoms with Crippen LogP contribution in [0.1, 0.15) is 42.1 Å². The number of pyridine rings is 1. The molecule has 0 aliphatic rings. The van der Waals surface area contributed by atoms with E-state index < -0.39 is 24.5 Å². The molecule has 0 saturated carbocycles. The number of carbonyl (C=O) groups is 1. The Morgan fingerprint density at radius 1 is 1.02 bits per heavy atom. The van der Waals surface area contributed by atoms with E-state index in [4.69, 9.17) is 16.2 Å². The van der Waals surface area contributed by atoms with Crippen molar-refractivity contribution in [2.45, 2.75) is 32.9 Å². The number of nitrogens with one attached hydrogen (secondary N) is 1. The lowest BCUT2D eigenvalue weighted by Crippen LogP contribution is -2.24. The first kappa shape index (κ1) is 28.3. The number of benzene rings is 2. The van der Waals surface area contributed by atoms with Crippen molar-refractivity contribution < 1.29 is 27.1 Å². The minimum Gasteiger partial charge on any atom is -0.473 e. The number of hydrogen-bond acceptors (Lipinski definition) is 5. The van der Waals surface area contributed by atoms with Gasteiger partial charge in [-0.15, -0.1) is 0 Å². The highest BCUT2D eigenvalue weighted by Gasteiger charge is 2.32. The number of ether oxygens (including phenoxy) is 1. The normalized spacial score (nSPS) is 13.2. The summed E-state index contributed by atoms with van der Waals surface area (Å²) < 4.78 is 62.0. The molecular weight excluding hydrogens is 526 g/mol. The Labute approximate surface area is 227 Å². The third-order valence-corrected chi connectivity index (χ3v) is 6.39. The van der Waals surface area contributed by atoms with Crippen molar-refractivity contribution in [3.63, 3.8) is 0 Å². The maximum absolute atomic E-state index is 14.4. The highest BCUT2D eigenvalue weighted by Crippen LogP contribution is 2.41. The van der Waals surface area contributed by atoms with Gasteiger partial charge in [0.2, 0.25) is 11.8 Å². The van der Waals surface area contributed by atoms with E-state index >= 15 is 0 Å². The maximum atomic E-state index is 14.4. The fourth-order valence-corrected chi connectivity index (χ4v) is 4.39. The number of allylic oxidation sites excluding steroid dienone is 1. The number of nitrogens with two attached hydrogens (primary N) is 2. The van der Waals surface area contributed by atoms with Gasteiger partial charge in [0.05, 0.1) is 23.0 Å². The van der Waals surface area contributed by atoms with Crippen molar-refractivity contribution in [3.8, 4) is 5.88 Å². The Morgan fingerprint density at radius 2 is 1.75 bits per heavy atom. The zero-order chi connectivity index (χ0) is 29.0. The Morgan fingerprint density at radius 3 is 2.38 bits per heavy atom. The molecule has 0 aliphatic carbocycles. The molecule has 0 radical (unpaired) electrons. The number of aromatic nitrogens is 3. The van der Waals surface area contributed by atoms with Gasteiger partial charge < -0.3 is 16.2 Å². The number of nitrogens with zero attached hydrogens (tertiary/aromatic N) is 2. The molecule has 0 atom stereocenters. The summed E-state index contributed by atoms with van der Waals surface area (Å²) in [5, 5.41) is 6.29. The number of H-pyrrole nitrogens is 1. The number of amides is 1. The Bertz CT molecular complexity index is 1610. The lowest BCUT2D eigenvalue weighted by atomic mass is 9.86. The van der Waals surface area contributed by atoms with Gasteiger partial charge in [0.25, 0.3) is 5.91 Å². The van der Waals surface area contributed by atoms with Crippen LogP contribution in [0.5, 0.6) is 5.88 Å². The molecule has 1 amide bonds. The van der Waals surface area contributed by atoms with Gasteiger partial charge in [-0.3, -0.25) is 9.89 Å². The highest BCUT2D eigenvalue weighted by molar-refractivity contribution is 6.01. The zero-order valence-electron chi connectivity index (χ0n) is 21.8. The van der Waals surface area contributed by atoms with Crippen molar-refractivity contribution in [2.24, 2.45) is 11.5 Å². The largest absolute Gasteiger partial charge is 0.473 e. The Hall–Kier alpha value is -4.67. The molecule has 208 valence electrons. The van der Waals surface area contributed by atoms with Crippen LogP contribution in [0.2, 0.25) is 0 Å². The predicted molar refractivity (Wildman–Crippen MR) is 144 cm³/mol. The van der Waals surface area contributed by atoms with Gasteiger partial charge in [-0.2, -0.15) is 22.7 Å². The molecule has 4 aromatic rings. The van der Waals surface area contributed by atoms with E-state index in [1.54, 1.807) is 62.4 Å². The first-order valence-corrected chi connectivity index (χ1v) is 12.4. The monoisotopic (exact) mass is 553 g/mol. The molecule has 0 saturated heterocycles. The number of halogens is 4. The second-order valence-corrected chi connectivity index (χ2v) is 9.09. The molecule has 2 heterocycles. The van der Waals surface area contributed by atoms with Crippen LogP contribution >= 0.6 is 0 Å². The first-order valence-electron chi connectivity index (χ1n) is 12.4. The fraction of sp³-hybridized carbons (Fsp3) is 0.207. The van der Waals surface area contributed by atoms with Crippen molar-refractivity contribution >= 4 is 28.0 Å². The lowest BCUT2D eigenvalue weighted by Gasteiger charge is -2.20. The van der Waals surface area contributed by atoms with E-state index in [1.807, 2.05) is 0 Å². The zero-order valence-corrected chi connectivity index (χ0v) is 21.8. The average Bonchev–Trinajstić information content (AvgIpc) is 3.29. The van der Waals surface area contributed by atoms with Gasteiger partial charge >= 0.3 is 6.18 Å². The number of fused-ring (bicyclic) bond motifs is 1. The molecule has 0 aliphatic heterocycles. The molecule has 0 spiro atoms. The van der Waals surface area contributed by atoms with Crippen LogP contribution in [0, 0.1) is 12.9 Å². The van der Waals surface area contributed by atoms with Crippen molar-refractivity contribution in [1.82, 2.24) is 15.2 Å². The Kier molecular flexibility index (Phi) is 8.22. The first-order chi connectivity index (χ1) is 19.0. The highest BCUT2D eigenvalue weighted by atomic mass is 19.4. The summed E-state index contributed by atoms with van der Waals surface area (Å²) >= 11 is 0. The number of primary amides is 1. The number of carbonyl (C=O) groups excluding carboxylic acids is 1. The summed E-state index contributed by atoms with van der Waals surface area (Å²) in [6, 6.07) is 16.0. The van der Waals surface area contributed by atoms with Crippen LogP contribution in [0.15, 0.2) is 71.9 Å². The molecule has 2 aromatic carbocycles. The molecule has 11 heteroatoms. The molecule has 4 rings (SSSR count). The van der Waals surface area contributed by atoms with Crippen LogP contribution < -0.4 is 16.2 Å². The minimum atomic E-state index is -4.53. The number of hydrogen-bond donors (Lipinski definition) is 3. The predicted octanol–water partition coefficient (Wildman–Crippen LogP) is 5.80. The van der Waals surface area contributed by atoms with E-state index in [1.165, 1.54) is 12.1 Å². The summed E-state index contributed by atoms with van der Waals surface area (Å²) in [5.41, 5.74) is 13.5. The number of aryl methyl sites for hydroxylation is 1. The molecule has 0 bridgehead atoms. The summed E-state index contributed by atoms with van der Waals surface area (Å²) in [6.07, 6.45) is -5.34. The van der Waals surface area contributed by atoms with Gasteiger partial charge in [-0.05, 0) is 59.4 Å². The van der Waals surface area contributed by atoms with Gasteiger partial charge in [0.1, 0.15) is 6.61 Å². The van der Waals surface area contributed by atoms with E-state index in [-0.39, 0.29) is 34.7 Å². The molecule has 5 N–H and O–H groups in total. The summed E-state index contributed by atoms with van der Waals surface area (Å²) in [5.74, 6) is -1.28. The Balaban J connectivity index is 1.89. The molecule has 0 fully saturated rings. The van der Waals surface area contributed by atoms with Gasteiger partial charge in [0, 0.05) is 17.3 Å². The summed E-state index contributed by atoms with van der Waals surface area (Å²) in [7, 11) is 0. The van der Waals surface area contributed by atoms with E-state index in [9.17, 15) is 22.4 Å². The SMILES string of the molecule is CCC(COc1ccc(/C(=C(/CC(F)(F)F)c2ccccc2)c2ccc3n[nH]c(F)c3c2)c(C)n1)=C(N)C(N)=O. The van der Waals surface area contributed by atoms with Gasteiger partial charge in [0.15, 0.2) is 0 Å². The third-order valence-electron chi connectivity index (χ3n) is 6.39. The molecule has 2 aromatic heterocycles.